The molecule has 0 radical (unpaired) electrons. The van der Waals surface area contributed by atoms with Gasteiger partial charge in [-0.3, -0.25) is 0 Å². The van der Waals surface area contributed by atoms with E-state index in [1.807, 2.05) is 0 Å². The largest absolute Gasteiger partial charge is 0.349 e. The Morgan fingerprint density at radius 2 is 2.00 bits per heavy atom. The van der Waals surface area contributed by atoms with Gasteiger partial charge in [0.05, 0.1) is 0 Å². The van der Waals surface area contributed by atoms with E-state index in [2.05, 4.69) is 43.6 Å². The monoisotopic (exact) mass is 262 g/mol. The number of nitrogens with zero attached hydrogens (tertiary/aromatic N) is 1. The summed E-state index contributed by atoms with van der Waals surface area (Å²) in [6.45, 7) is 11.2. The van der Waals surface area contributed by atoms with Gasteiger partial charge in [0.1, 0.15) is 0 Å². The highest BCUT2D eigenvalue weighted by Crippen LogP contribution is 2.23. The number of aryl methyl sites for hydroxylation is 1. The normalized spacial score (nSPS) is 24.4. The summed E-state index contributed by atoms with van der Waals surface area (Å²) < 4.78 is 2.41. The molecule has 1 saturated carbocycles. The van der Waals surface area contributed by atoms with Crippen molar-refractivity contribution < 1.29 is 0 Å². The highest BCUT2D eigenvalue weighted by molar-refractivity contribution is 5.26. The van der Waals surface area contributed by atoms with E-state index in [1.165, 1.54) is 49.1 Å². The fourth-order valence-electron chi connectivity index (χ4n) is 3.48. The molecule has 1 fully saturated rings. The standard InChI is InChI=1S/C17H30N2/c1-5-19-14(3)11-16(15(19)4)12-18-17-8-6-7-13(2)9-10-17/h11,13,17-18H,5-10,12H2,1-4H3. The lowest BCUT2D eigenvalue weighted by Gasteiger charge is -2.16. The number of nitrogens with one attached hydrogen (secondary N) is 1. The van der Waals surface area contributed by atoms with Crippen LogP contribution in [0.1, 0.15) is 62.9 Å². The molecule has 1 N–H and O–H groups in total. The molecule has 19 heavy (non-hydrogen) atoms. The smallest absolute Gasteiger partial charge is 0.0225 e. The van der Waals surface area contributed by atoms with Gasteiger partial charge in [-0.25, -0.2) is 0 Å². The van der Waals surface area contributed by atoms with Crippen LogP contribution in [0.5, 0.6) is 0 Å². The summed E-state index contributed by atoms with van der Waals surface area (Å²) in [5.74, 6) is 0.928. The molecule has 0 spiro atoms. The highest BCUT2D eigenvalue weighted by atomic mass is 15.0. The van der Waals surface area contributed by atoms with E-state index in [1.54, 1.807) is 0 Å². The van der Waals surface area contributed by atoms with Gasteiger partial charge >= 0.3 is 0 Å². The van der Waals surface area contributed by atoms with E-state index in [0.717, 1.165) is 25.0 Å². The van der Waals surface area contributed by atoms with Crippen molar-refractivity contribution >= 4 is 0 Å². The van der Waals surface area contributed by atoms with Crippen molar-refractivity contribution in [1.29, 1.82) is 0 Å². The number of hydrogen-bond donors (Lipinski definition) is 1. The summed E-state index contributed by atoms with van der Waals surface area (Å²) >= 11 is 0. The van der Waals surface area contributed by atoms with Gasteiger partial charge in [-0.05, 0) is 57.6 Å². The van der Waals surface area contributed by atoms with Crippen LogP contribution in [-0.2, 0) is 13.1 Å². The molecule has 1 aromatic rings. The molecule has 0 saturated heterocycles. The highest BCUT2D eigenvalue weighted by Gasteiger charge is 2.16. The molecule has 2 unspecified atom stereocenters. The fourth-order valence-corrected chi connectivity index (χ4v) is 3.48. The molecule has 2 heteroatoms. The third kappa shape index (κ3) is 3.62. The Kier molecular flexibility index (Phi) is 5.09. The topological polar surface area (TPSA) is 17.0 Å². The van der Waals surface area contributed by atoms with E-state index in [0.29, 0.717) is 0 Å². The van der Waals surface area contributed by atoms with Crippen LogP contribution in [0.25, 0.3) is 0 Å². The SMILES string of the molecule is CCn1c(C)cc(CNC2CCCC(C)CC2)c1C. The number of aromatic nitrogens is 1. The zero-order chi connectivity index (χ0) is 13.8. The molecule has 2 rings (SSSR count). The third-order valence-electron chi connectivity index (χ3n) is 4.83. The van der Waals surface area contributed by atoms with Crippen molar-refractivity contribution in [2.75, 3.05) is 0 Å². The van der Waals surface area contributed by atoms with Gasteiger partial charge in [-0.1, -0.05) is 19.8 Å². The lowest BCUT2D eigenvalue weighted by Crippen LogP contribution is -2.28. The molecule has 1 heterocycles. The molecule has 0 aliphatic heterocycles. The summed E-state index contributed by atoms with van der Waals surface area (Å²) in [7, 11) is 0. The second-order valence-electron chi connectivity index (χ2n) is 6.33. The number of hydrogen-bond acceptors (Lipinski definition) is 1. The van der Waals surface area contributed by atoms with Gasteiger partial charge in [-0.15, -0.1) is 0 Å². The fraction of sp³-hybridized carbons (Fsp3) is 0.765. The molecule has 1 aromatic heterocycles. The van der Waals surface area contributed by atoms with Crippen LogP contribution in [0, 0.1) is 19.8 Å². The summed E-state index contributed by atoms with van der Waals surface area (Å²) in [6.07, 6.45) is 6.92. The average molecular weight is 262 g/mol. The second kappa shape index (κ2) is 6.60. The van der Waals surface area contributed by atoms with E-state index >= 15 is 0 Å². The predicted octanol–water partition coefficient (Wildman–Crippen LogP) is 4.18. The molecule has 108 valence electrons. The van der Waals surface area contributed by atoms with Crippen molar-refractivity contribution in [3.05, 3.63) is 23.0 Å². The minimum Gasteiger partial charge on any atom is -0.349 e. The quantitative estimate of drug-likeness (QED) is 0.805. The number of rotatable bonds is 4. The van der Waals surface area contributed by atoms with Gasteiger partial charge in [0.25, 0.3) is 0 Å². The maximum Gasteiger partial charge on any atom is 0.0225 e. The Morgan fingerprint density at radius 3 is 2.68 bits per heavy atom. The van der Waals surface area contributed by atoms with E-state index in [9.17, 15) is 0 Å². The maximum absolute atomic E-state index is 3.79. The minimum absolute atomic E-state index is 0.731. The average Bonchev–Trinajstić information content (AvgIpc) is 2.53. The van der Waals surface area contributed by atoms with Gasteiger partial charge in [0, 0.05) is 30.5 Å². The summed E-state index contributed by atoms with van der Waals surface area (Å²) in [6, 6.07) is 3.08. The van der Waals surface area contributed by atoms with Crippen molar-refractivity contribution in [2.24, 2.45) is 5.92 Å². The summed E-state index contributed by atoms with van der Waals surface area (Å²) in [4.78, 5) is 0. The predicted molar refractivity (Wildman–Crippen MR) is 82.5 cm³/mol. The molecule has 0 aromatic carbocycles. The van der Waals surface area contributed by atoms with Crippen LogP contribution in [-0.4, -0.2) is 10.6 Å². The van der Waals surface area contributed by atoms with Crippen LogP contribution in [0.3, 0.4) is 0 Å². The molecule has 2 nitrogen and oxygen atoms in total. The Bertz CT molecular complexity index is 406. The van der Waals surface area contributed by atoms with Gasteiger partial charge in [-0.2, -0.15) is 0 Å². The van der Waals surface area contributed by atoms with Crippen molar-refractivity contribution in [2.45, 2.75) is 78.9 Å². The summed E-state index contributed by atoms with van der Waals surface area (Å²) in [5, 5.41) is 3.79. The molecule has 0 bridgehead atoms. The van der Waals surface area contributed by atoms with Crippen LogP contribution in [0.2, 0.25) is 0 Å². The third-order valence-corrected chi connectivity index (χ3v) is 4.83. The molecule has 0 amide bonds. The Hall–Kier alpha value is -0.760. The van der Waals surface area contributed by atoms with Gasteiger partial charge in [0.15, 0.2) is 0 Å². The van der Waals surface area contributed by atoms with Crippen LogP contribution >= 0.6 is 0 Å². The van der Waals surface area contributed by atoms with Crippen molar-refractivity contribution in [3.63, 3.8) is 0 Å². The molecule has 1 aliphatic rings. The van der Waals surface area contributed by atoms with Crippen molar-refractivity contribution in [1.82, 2.24) is 9.88 Å². The van der Waals surface area contributed by atoms with Crippen LogP contribution in [0.4, 0.5) is 0 Å². The Labute approximate surface area is 118 Å². The van der Waals surface area contributed by atoms with E-state index < -0.39 is 0 Å². The Balaban J connectivity index is 1.91. The minimum atomic E-state index is 0.731. The molecule has 1 aliphatic carbocycles. The first-order valence-corrected chi connectivity index (χ1v) is 8.00. The Morgan fingerprint density at radius 1 is 1.21 bits per heavy atom. The maximum atomic E-state index is 3.79. The zero-order valence-corrected chi connectivity index (χ0v) is 13.1. The van der Waals surface area contributed by atoms with E-state index in [-0.39, 0.29) is 0 Å². The zero-order valence-electron chi connectivity index (χ0n) is 13.1. The first kappa shape index (κ1) is 14.6. The van der Waals surface area contributed by atoms with Crippen molar-refractivity contribution in [3.8, 4) is 0 Å². The van der Waals surface area contributed by atoms with Gasteiger partial charge in [0.2, 0.25) is 0 Å². The first-order chi connectivity index (χ1) is 9.11. The molecular weight excluding hydrogens is 232 g/mol. The van der Waals surface area contributed by atoms with Gasteiger partial charge < -0.3 is 9.88 Å². The second-order valence-corrected chi connectivity index (χ2v) is 6.33. The first-order valence-electron chi connectivity index (χ1n) is 8.00. The molecule has 2 atom stereocenters. The van der Waals surface area contributed by atoms with Crippen LogP contribution < -0.4 is 5.32 Å². The van der Waals surface area contributed by atoms with E-state index in [4.69, 9.17) is 0 Å². The van der Waals surface area contributed by atoms with Crippen LogP contribution in [0.15, 0.2) is 6.07 Å². The lowest BCUT2D eigenvalue weighted by molar-refractivity contribution is 0.446. The lowest BCUT2D eigenvalue weighted by atomic mass is 10.0. The molecular formula is C17H30N2. The summed E-state index contributed by atoms with van der Waals surface area (Å²) in [5.41, 5.74) is 4.32.